The maximum absolute atomic E-state index is 12.9. The average Bonchev–Trinajstić information content (AvgIpc) is 2.71. The quantitative estimate of drug-likeness (QED) is 0.699. The first-order chi connectivity index (χ1) is 13.6. The molecule has 0 spiro atoms. The zero-order valence-electron chi connectivity index (χ0n) is 16.4. The summed E-state index contributed by atoms with van der Waals surface area (Å²) in [6, 6.07) is 9.80. The third kappa shape index (κ3) is 3.50. The normalized spacial score (nSPS) is 13.3. The van der Waals surface area contributed by atoms with Crippen molar-refractivity contribution in [2.75, 3.05) is 20.8 Å². The highest BCUT2D eigenvalue weighted by molar-refractivity contribution is 5.80. The first kappa shape index (κ1) is 18.2. The second kappa shape index (κ2) is 7.46. The number of hydrogen-bond acceptors (Lipinski definition) is 5. The molecule has 1 aliphatic rings. The molecule has 0 N–H and O–H groups in total. The lowest BCUT2D eigenvalue weighted by Crippen LogP contribution is -2.37. The predicted octanol–water partition coefficient (Wildman–Crippen LogP) is 3.08. The smallest absolute Gasteiger partial charge is 0.227 e. The molecule has 0 unspecified atom stereocenters. The fourth-order valence-corrected chi connectivity index (χ4v) is 3.62. The van der Waals surface area contributed by atoms with Gasteiger partial charge < -0.3 is 14.4 Å². The van der Waals surface area contributed by atoms with Gasteiger partial charge in [-0.1, -0.05) is 6.07 Å². The van der Waals surface area contributed by atoms with E-state index in [-0.39, 0.29) is 5.91 Å². The van der Waals surface area contributed by atoms with Crippen LogP contribution >= 0.6 is 0 Å². The van der Waals surface area contributed by atoms with Gasteiger partial charge in [0.15, 0.2) is 17.1 Å². The van der Waals surface area contributed by atoms with Crippen molar-refractivity contribution in [3.8, 4) is 11.5 Å². The number of methoxy groups -OCH3 is 2. The van der Waals surface area contributed by atoms with Crippen molar-refractivity contribution in [2.45, 2.75) is 26.3 Å². The summed E-state index contributed by atoms with van der Waals surface area (Å²) < 4.78 is 10.6. The Morgan fingerprint density at radius 1 is 1.14 bits per heavy atom. The van der Waals surface area contributed by atoms with Crippen LogP contribution in [0.4, 0.5) is 0 Å². The van der Waals surface area contributed by atoms with Crippen molar-refractivity contribution in [3.63, 3.8) is 0 Å². The first-order valence-electron chi connectivity index (χ1n) is 9.31. The molecular formula is C22H23N3O3. The zero-order valence-corrected chi connectivity index (χ0v) is 16.4. The van der Waals surface area contributed by atoms with Crippen LogP contribution in [-0.2, 0) is 24.2 Å². The van der Waals surface area contributed by atoms with Crippen molar-refractivity contribution in [3.05, 3.63) is 58.9 Å². The first-order valence-corrected chi connectivity index (χ1v) is 9.31. The number of amides is 1. The lowest BCUT2D eigenvalue weighted by atomic mass is 10.0. The summed E-state index contributed by atoms with van der Waals surface area (Å²) in [5.41, 5.74) is 4.93. The molecule has 6 heteroatoms. The molecule has 144 valence electrons. The van der Waals surface area contributed by atoms with Crippen LogP contribution in [0.15, 0.2) is 36.5 Å². The summed E-state index contributed by atoms with van der Waals surface area (Å²) in [5, 5.41) is 1.02. The highest BCUT2D eigenvalue weighted by Crippen LogP contribution is 2.28. The Labute approximate surface area is 164 Å². The average molecular weight is 377 g/mol. The third-order valence-electron chi connectivity index (χ3n) is 5.11. The molecule has 2 aromatic heterocycles. The molecule has 0 aliphatic carbocycles. The predicted molar refractivity (Wildman–Crippen MR) is 107 cm³/mol. The van der Waals surface area contributed by atoms with Gasteiger partial charge in [-0.2, -0.15) is 0 Å². The standard InChI is InChI=1S/C22H23N3O3/c1-14-8-16-11-17-13-25(7-6-18(17)24-22(16)23-12-14)21(26)10-15-4-5-19(27-2)20(9-15)28-3/h4-5,8-9,11-12H,6-7,10,13H2,1-3H3. The molecule has 1 aliphatic heterocycles. The van der Waals surface area contributed by atoms with E-state index in [9.17, 15) is 4.79 Å². The Bertz CT molecular complexity index is 1050. The Kier molecular flexibility index (Phi) is 4.86. The lowest BCUT2D eigenvalue weighted by molar-refractivity contribution is -0.131. The highest BCUT2D eigenvalue weighted by Gasteiger charge is 2.23. The van der Waals surface area contributed by atoms with Crippen LogP contribution in [-0.4, -0.2) is 41.5 Å². The number of aromatic nitrogens is 2. The van der Waals surface area contributed by atoms with Crippen LogP contribution in [0.3, 0.4) is 0 Å². The number of pyridine rings is 2. The van der Waals surface area contributed by atoms with Crippen LogP contribution in [0.25, 0.3) is 11.0 Å². The Morgan fingerprint density at radius 3 is 2.75 bits per heavy atom. The van der Waals surface area contributed by atoms with Gasteiger partial charge in [0.05, 0.1) is 20.6 Å². The minimum atomic E-state index is 0.0975. The zero-order chi connectivity index (χ0) is 19.7. The Hall–Kier alpha value is -3.15. The summed E-state index contributed by atoms with van der Waals surface area (Å²) in [6.07, 6.45) is 2.92. The summed E-state index contributed by atoms with van der Waals surface area (Å²) in [4.78, 5) is 23.9. The minimum Gasteiger partial charge on any atom is -0.493 e. The second-order valence-corrected chi connectivity index (χ2v) is 7.08. The van der Waals surface area contributed by atoms with E-state index in [0.717, 1.165) is 39.8 Å². The van der Waals surface area contributed by atoms with E-state index in [0.29, 0.717) is 31.0 Å². The monoisotopic (exact) mass is 377 g/mol. The number of hydrogen-bond donors (Lipinski definition) is 0. The maximum Gasteiger partial charge on any atom is 0.227 e. The van der Waals surface area contributed by atoms with Gasteiger partial charge in [0.2, 0.25) is 5.91 Å². The molecule has 4 rings (SSSR count). The molecule has 3 aromatic rings. The largest absolute Gasteiger partial charge is 0.493 e. The fourth-order valence-electron chi connectivity index (χ4n) is 3.62. The molecule has 1 amide bonds. The molecule has 0 fully saturated rings. The molecule has 1 aromatic carbocycles. The molecule has 28 heavy (non-hydrogen) atoms. The number of aryl methyl sites for hydroxylation is 1. The minimum absolute atomic E-state index is 0.0975. The maximum atomic E-state index is 12.9. The third-order valence-corrected chi connectivity index (χ3v) is 5.11. The number of rotatable bonds is 4. The molecular weight excluding hydrogens is 354 g/mol. The van der Waals surface area contributed by atoms with Gasteiger partial charge in [-0.3, -0.25) is 4.79 Å². The number of fused-ring (bicyclic) bond motifs is 2. The number of carbonyl (C=O) groups is 1. The number of ether oxygens (including phenoxy) is 2. The van der Waals surface area contributed by atoms with E-state index in [1.54, 1.807) is 14.2 Å². The number of benzene rings is 1. The van der Waals surface area contributed by atoms with Crippen LogP contribution in [0.1, 0.15) is 22.4 Å². The van der Waals surface area contributed by atoms with Gasteiger partial charge in [-0.25, -0.2) is 9.97 Å². The van der Waals surface area contributed by atoms with E-state index in [1.807, 2.05) is 36.2 Å². The summed E-state index contributed by atoms with van der Waals surface area (Å²) in [5.74, 6) is 1.39. The van der Waals surface area contributed by atoms with Crippen molar-refractivity contribution in [1.82, 2.24) is 14.9 Å². The van der Waals surface area contributed by atoms with E-state index in [4.69, 9.17) is 14.5 Å². The van der Waals surface area contributed by atoms with Crippen molar-refractivity contribution in [2.24, 2.45) is 0 Å². The molecule has 3 heterocycles. The van der Waals surface area contributed by atoms with Gasteiger partial charge in [0, 0.05) is 36.8 Å². The van der Waals surface area contributed by atoms with E-state index in [1.165, 1.54) is 0 Å². The van der Waals surface area contributed by atoms with Crippen molar-refractivity contribution < 1.29 is 14.3 Å². The second-order valence-electron chi connectivity index (χ2n) is 7.08. The van der Waals surface area contributed by atoms with Crippen molar-refractivity contribution in [1.29, 1.82) is 0 Å². The molecule has 6 nitrogen and oxygen atoms in total. The summed E-state index contributed by atoms with van der Waals surface area (Å²) >= 11 is 0. The number of carbonyl (C=O) groups excluding carboxylic acids is 1. The van der Waals surface area contributed by atoms with Crippen LogP contribution in [0, 0.1) is 6.92 Å². The lowest BCUT2D eigenvalue weighted by Gasteiger charge is -2.28. The van der Waals surface area contributed by atoms with Gasteiger partial charge in [-0.05, 0) is 47.9 Å². The van der Waals surface area contributed by atoms with E-state index in [2.05, 4.69) is 17.1 Å². The Morgan fingerprint density at radius 2 is 1.96 bits per heavy atom. The fraction of sp³-hybridized carbons (Fsp3) is 0.318. The van der Waals surface area contributed by atoms with Gasteiger partial charge in [0.1, 0.15) is 0 Å². The highest BCUT2D eigenvalue weighted by atomic mass is 16.5. The SMILES string of the molecule is COc1ccc(CC(=O)N2CCc3nc4ncc(C)cc4cc3C2)cc1OC. The van der Waals surface area contributed by atoms with Crippen LogP contribution in [0.5, 0.6) is 11.5 Å². The van der Waals surface area contributed by atoms with Gasteiger partial charge in [0.25, 0.3) is 0 Å². The van der Waals surface area contributed by atoms with Crippen LogP contribution in [0.2, 0.25) is 0 Å². The molecule has 0 saturated carbocycles. The van der Waals surface area contributed by atoms with E-state index >= 15 is 0 Å². The summed E-state index contributed by atoms with van der Waals surface area (Å²) in [6.45, 7) is 3.27. The molecule has 0 bridgehead atoms. The molecule has 0 saturated heterocycles. The molecule has 0 atom stereocenters. The van der Waals surface area contributed by atoms with Gasteiger partial charge >= 0.3 is 0 Å². The summed E-state index contributed by atoms with van der Waals surface area (Å²) in [7, 11) is 3.20. The van der Waals surface area contributed by atoms with Gasteiger partial charge in [-0.15, -0.1) is 0 Å². The van der Waals surface area contributed by atoms with Crippen LogP contribution < -0.4 is 9.47 Å². The molecule has 0 radical (unpaired) electrons. The Balaban J connectivity index is 1.53. The topological polar surface area (TPSA) is 64.5 Å². The van der Waals surface area contributed by atoms with E-state index < -0.39 is 0 Å². The number of nitrogens with zero attached hydrogens (tertiary/aromatic N) is 3. The van der Waals surface area contributed by atoms with Crippen molar-refractivity contribution >= 4 is 16.9 Å².